The number of halogens is 1. The number of rotatable bonds is 5. The van der Waals surface area contributed by atoms with E-state index in [1.54, 1.807) is 6.26 Å². The Balaban J connectivity index is 1.64. The van der Waals surface area contributed by atoms with Gasteiger partial charge in [-0.2, -0.15) is 0 Å². The van der Waals surface area contributed by atoms with E-state index in [-0.39, 0.29) is 11.6 Å². The van der Waals surface area contributed by atoms with Gasteiger partial charge < -0.3 is 9.40 Å². The molecule has 0 aliphatic heterocycles. The molecule has 1 atom stereocenters. The van der Waals surface area contributed by atoms with Crippen LogP contribution in [0.25, 0.3) is 21.5 Å². The van der Waals surface area contributed by atoms with Crippen molar-refractivity contribution >= 4 is 33.2 Å². The van der Waals surface area contributed by atoms with Gasteiger partial charge in [0.1, 0.15) is 16.4 Å². The highest BCUT2D eigenvalue weighted by atomic mass is 35.5. The van der Waals surface area contributed by atoms with Crippen molar-refractivity contribution in [2.24, 2.45) is 0 Å². The number of aromatic amines is 1. The van der Waals surface area contributed by atoms with Crippen molar-refractivity contribution < 1.29 is 4.42 Å². The number of hydrogen-bond donors (Lipinski definition) is 1. The van der Waals surface area contributed by atoms with Gasteiger partial charge in [0.2, 0.25) is 0 Å². The van der Waals surface area contributed by atoms with Gasteiger partial charge in [-0.3, -0.25) is 9.69 Å². The van der Waals surface area contributed by atoms with Crippen molar-refractivity contribution in [2.75, 3.05) is 7.05 Å². The number of furan rings is 1. The van der Waals surface area contributed by atoms with E-state index in [1.165, 1.54) is 11.3 Å². The second kappa shape index (κ2) is 7.31. The van der Waals surface area contributed by atoms with E-state index in [0.29, 0.717) is 33.4 Å². The zero-order valence-electron chi connectivity index (χ0n) is 14.9. The highest BCUT2D eigenvalue weighted by Crippen LogP contribution is 2.31. The molecular formula is C20H18ClN3O2S. The largest absolute Gasteiger partial charge is 0.464 e. The first-order chi connectivity index (χ1) is 13.0. The summed E-state index contributed by atoms with van der Waals surface area (Å²) < 4.78 is 5.44. The predicted octanol–water partition coefficient (Wildman–Crippen LogP) is 5.09. The summed E-state index contributed by atoms with van der Waals surface area (Å²) in [4.78, 5) is 23.2. The van der Waals surface area contributed by atoms with Gasteiger partial charge >= 0.3 is 0 Å². The summed E-state index contributed by atoms with van der Waals surface area (Å²) >= 11 is 7.52. The average molecular weight is 400 g/mol. The summed E-state index contributed by atoms with van der Waals surface area (Å²) in [5.41, 5.74) is 1.74. The molecule has 0 bridgehead atoms. The Bertz CT molecular complexity index is 1130. The van der Waals surface area contributed by atoms with Gasteiger partial charge in [-0.15, -0.1) is 11.3 Å². The molecule has 3 aromatic heterocycles. The Morgan fingerprint density at radius 2 is 2.19 bits per heavy atom. The molecule has 0 aliphatic rings. The summed E-state index contributed by atoms with van der Waals surface area (Å²) in [5, 5.41) is 3.20. The minimum atomic E-state index is -0.148. The van der Waals surface area contributed by atoms with Crippen LogP contribution in [0.3, 0.4) is 0 Å². The van der Waals surface area contributed by atoms with Crippen molar-refractivity contribution in [3.8, 4) is 11.3 Å². The molecule has 0 saturated heterocycles. The van der Waals surface area contributed by atoms with Crippen molar-refractivity contribution in [2.45, 2.75) is 19.5 Å². The average Bonchev–Trinajstić information content (AvgIpc) is 3.30. The Kier molecular flexibility index (Phi) is 4.86. The molecule has 0 saturated carbocycles. The lowest BCUT2D eigenvalue weighted by Crippen LogP contribution is -2.25. The number of H-pyrrole nitrogens is 1. The van der Waals surface area contributed by atoms with E-state index in [4.69, 9.17) is 21.0 Å². The molecule has 1 aromatic carbocycles. The first kappa shape index (κ1) is 18.0. The molecule has 4 rings (SSSR count). The Labute approximate surface area is 165 Å². The van der Waals surface area contributed by atoms with E-state index in [1.807, 2.05) is 55.7 Å². The molecule has 0 amide bonds. The van der Waals surface area contributed by atoms with Crippen LogP contribution in [0.15, 0.2) is 57.3 Å². The zero-order chi connectivity index (χ0) is 19.0. The van der Waals surface area contributed by atoms with Crippen LogP contribution in [0.5, 0.6) is 0 Å². The summed E-state index contributed by atoms with van der Waals surface area (Å²) in [5.74, 6) is 1.32. The minimum absolute atomic E-state index is 0.0600. The van der Waals surface area contributed by atoms with Gasteiger partial charge in [-0.1, -0.05) is 23.7 Å². The number of nitrogens with zero attached hydrogens (tertiary/aromatic N) is 2. The smallest absolute Gasteiger partial charge is 0.260 e. The van der Waals surface area contributed by atoms with Crippen LogP contribution < -0.4 is 5.56 Å². The van der Waals surface area contributed by atoms with Gasteiger partial charge in [0.05, 0.1) is 17.7 Å². The van der Waals surface area contributed by atoms with E-state index in [9.17, 15) is 4.79 Å². The third-order valence-corrected chi connectivity index (χ3v) is 5.73. The maximum atomic E-state index is 12.7. The van der Waals surface area contributed by atoms with Gasteiger partial charge in [0, 0.05) is 22.5 Å². The molecule has 5 nitrogen and oxygen atoms in total. The molecule has 0 fully saturated rings. The molecule has 0 radical (unpaired) electrons. The van der Waals surface area contributed by atoms with Gasteiger partial charge in [-0.25, -0.2) is 4.98 Å². The summed E-state index contributed by atoms with van der Waals surface area (Å²) in [6.45, 7) is 2.72. The van der Waals surface area contributed by atoms with Crippen LogP contribution in [0.2, 0.25) is 5.02 Å². The van der Waals surface area contributed by atoms with Crippen molar-refractivity contribution in [1.29, 1.82) is 0 Å². The lowest BCUT2D eigenvalue weighted by atomic mass is 10.1. The topological polar surface area (TPSA) is 62.1 Å². The van der Waals surface area contributed by atoms with E-state index < -0.39 is 0 Å². The van der Waals surface area contributed by atoms with Gasteiger partial charge in [0.15, 0.2) is 0 Å². The first-order valence-electron chi connectivity index (χ1n) is 8.53. The van der Waals surface area contributed by atoms with Crippen LogP contribution in [-0.4, -0.2) is 21.9 Å². The van der Waals surface area contributed by atoms with Crippen LogP contribution in [0.4, 0.5) is 0 Å². The molecular weight excluding hydrogens is 382 g/mol. The Hall–Kier alpha value is -2.41. The lowest BCUT2D eigenvalue weighted by Gasteiger charge is -2.24. The van der Waals surface area contributed by atoms with E-state index in [2.05, 4.69) is 9.88 Å². The third kappa shape index (κ3) is 3.56. The quantitative estimate of drug-likeness (QED) is 0.507. The third-order valence-electron chi connectivity index (χ3n) is 4.63. The minimum Gasteiger partial charge on any atom is -0.464 e. The number of aromatic nitrogens is 2. The fraction of sp³-hybridized carbons (Fsp3) is 0.200. The summed E-state index contributed by atoms with van der Waals surface area (Å²) in [6, 6.07) is 11.4. The number of benzene rings is 1. The fourth-order valence-corrected chi connectivity index (χ4v) is 4.19. The molecule has 138 valence electrons. The van der Waals surface area contributed by atoms with Crippen LogP contribution in [0, 0.1) is 0 Å². The normalized spacial score (nSPS) is 12.7. The molecule has 27 heavy (non-hydrogen) atoms. The van der Waals surface area contributed by atoms with Crippen LogP contribution in [-0.2, 0) is 6.54 Å². The zero-order valence-corrected chi connectivity index (χ0v) is 16.5. The predicted molar refractivity (Wildman–Crippen MR) is 109 cm³/mol. The first-order valence-corrected chi connectivity index (χ1v) is 9.78. The highest BCUT2D eigenvalue weighted by Gasteiger charge is 2.19. The molecule has 4 aromatic rings. The second-order valence-corrected chi connectivity index (χ2v) is 7.77. The van der Waals surface area contributed by atoms with Crippen LogP contribution in [0.1, 0.15) is 24.4 Å². The van der Waals surface area contributed by atoms with Gasteiger partial charge in [0.25, 0.3) is 5.56 Å². The number of nitrogens with one attached hydrogen (secondary N) is 1. The number of fused-ring (bicyclic) bond motifs is 1. The van der Waals surface area contributed by atoms with Crippen molar-refractivity contribution in [3.63, 3.8) is 0 Å². The molecule has 1 unspecified atom stereocenters. The Morgan fingerprint density at radius 3 is 2.93 bits per heavy atom. The molecule has 3 heterocycles. The summed E-state index contributed by atoms with van der Waals surface area (Å²) in [7, 11) is 2.00. The van der Waals surface area contributed by atoms with Crippen LogP contribution >= 0.6 is 22.9 Å². The lowest BCUT2D eigenvalue weighted by molar-refractivity contribution is 0.244. The number of thiophene rings is 1. The Morgan fingerprint density at radius 1 is 1.33 bits per heavy atom. The van der Waals surface area contributed by atoms with Crippen molar-refractivity contribution in [3.05, 3.63) is 74.8 Å². The molecule has 0 aliphatic carbocycles. The highest BCUT2D eigenvalue weighted by molar-refractivity contribution is 7.17. The van der Waals surface area contributed by atoms with E-state index in [0.717, 1.165) is 11.1 Å². The monoisotopic (exact) mass is 399 g/mol. The number of hydrogen-bond acceptors (Lipinski definition) is 5. The summed E-state index contributed by atoms with van der Waals surface area (Å²) in [6.07, 6.45) is 1.60. The maximum Gasteiger partial charge on any atom is 0.260 e. The molecule has 7 heteroatoms. The fourth-order valence-electron chi connectivity index (χ4n) is 3.05. The van der Waals surface area contributed by atoms with Gasteiger partial charge in [-0.05, 0) is 43.8 Å². The second-order valence-electron chi connectivity index (χ2n) is 6.48. The molecule has 1 N–H and O–H groups in total. The maximum absolute atomic E-state index is 12.7. The van der Waals surface area contributed by atoms with E-state index >= 15 is 0 Å². The molecule has 0 spiro atoms. The van der Waals surface area contributed by atoms with Crippen molar-refractivity contribution in [1.82, 2.24) is 14.9 Å². The SMILES string of the molecule is CC(c1nc2scc(-c3ccco3)c2c(=O)[nH]1)N(C)Cc1cccc(Cl)c1. The standard InChI is InChI=1S/C20H18ClN3O2S/c1-12(24(2)10-13-5-3-6-14(21)9-13)18-22-19(25)17-15(11-27-20(17)23-18)16-7-4-8-26-16/h3-9,11-12H,10H2,1-2H3,(H,22,23,25).